The largest absolute Gasteiger partial charge is 0.493 e. The average Bonchev–Trinajstić information content (AvgIpc) is 2.91. The second-order valence-corrected chi connectivity index (χ2v) is 10.5. The molecule has 1 unspecified atom stereocenters. The highest BCUT2D eigenvalue weighted by atomic mass is 32.2. The summed E-state index contributed by atoms with van der Waals surface area (Å²) in [5, 5.41) is 7.79. The summed E-state index contributed by atoms with van der Waals surface area (Å²) in [4.78, 5) is 16.5. The van der Waals surface area contributed by atoms with Gasteiger partial charge in [0, 0.05) is 24.4 Å². The summed E-state index contributed by atoms with van der Waals surface area (Å²) >= 11 is 0. The Labute approximate surface area is 212 Å². The Balaban J connectivity index is 1.67. The maximum Gasteiger partial charge on any atom is 0.262 e. The minimum absolute atomic E-state index is 0.0750. The molecule has 0 saturated heterocycles. The molecule has 2 aromatic carbocycles. The lowest BCUT2D eigenvalue weighted by Gasteiger charge is -2.18. The number of aryl methyl sites for hydroxylation is 1. The van der Waals surface area contributed by atoms with Gasteiger partial charge < -0.3 is 9.47 Å². The number of nitrogens with zero attached hydrogens (tertiary/aromatic N) is 1. The van der Waals surface area contributed by atoms with Crippen LogP contribution in [-0.4, -0.2) is 43.5 Å². The Bertz CT molecular complexity index is 1200. The lowest BCUT2D eigenvalue weighted by molar-refractivity contribution is -0.128. The predicted octanol–water partition coefficient (Wildman–Crippen LogP) is 4.16. The molecule has 3 aromatic rings. The second-order valence-electron chi connectivity index (χ2n) is 8.33. The van der Waals surface area contributed by atoms with Gasteiger partial charge in [-0.05, 0) is 49.1 Å². The molecule has 9 heteroatoms. The van der Waals surface area contributed by atoms with Crippen LogP contribution in [0.25, 0.3) is 0 Å². The smallest absolute Gasteiger partial charge is 0.262 e. The maximum absolute atomic E-state index is 13.4. The van der Waals surface area contributed by atoms with Crippen molar-refractivity contribution in [3.63, 3.8) is 0 Å². The Hall–Kier alpha value is -3.43. The number of hydroxylamine groups is 1. The number of benzene rings is 2. The number of amides is 1. The summed E-state index contributed by atoms with van der Waals surface area (Å²) in [6.07, 6.45) is 5.33. The van der Waals surface area contributed by atoms with Gasteiger partial charge >= 0.3 is 0 Å². The summed E-state index contributed by atoms with van der Waals surface area (Å²) in [5.74, 6) is -0.328. The van der Waals surface area contributed by atoms with Crippen molar-refractivity contribution in [2.75, 3.05) is 13.7 Å². The van der Waals surface area contributed by atoms with Crippen molar-refractivity contribution in [2.45, 2.75) is 48.7 Å². The zero-order valence-corrected chi connectivity index (χ0v) is 21.1. The van der Waals surface area contributed by atoms with E-state index in [2.05, 4.69) is 4.98 Å². The Morgan fingerprint density at radius 2 is 1.75 bits per heavy atom. The molecular weight excluding hydrogens is 480 g/mol. The minimum atomic E-state index is -4.10. The van der Waals surface area contributed by atoms with E-state index in [0.717, 1.165) is 25.0 Å². The number of nitrogens with one attached hydrogen (secondary N) is 1. The number of aromatic nitrogens is 1. The van der Waals surface area contributed by atoms with E-state index in [4.69, 9.17) is 9.47 Å². The monoisotopic (exact) mass is 512 g/mol. The number of rotatable bonds is 14. The van der Waals surface area contributed by atoms with Gasteiger partial charge in [-0.3, -0.25) is 15.0 Å². The molecule has 2 N–H and O–H groups in total. The Morgan fingerprint density at radius 1 is 0.972 bits per heavy atom. The molecule has 0 bridgehead atoms. The van der Waals surface area contributed by atoms with Gasteiger partial charge in [-0.1, -0.05) is 49.2 Å². The molecule has 0 aliphatic carbocycles. The fraction of sp³-hybridized carbons (Fsp3) is 0.333. The van der Waals surface area contributed by atoms with Gasteiger partial charge in [0.2, 0.25) is 0 Å². The fourth-order valence-corrected chi connectivity index (χ4v) is 5.57. The number of carbonyl (C=O) groups excluding carboxylic acids is 1. The number of carbonyl (C=O) groups is 1. The Kier molecular flexibility index (Phi) is 10.3. The first-order valence-corrected chi connectivity index (χ1v) is 13.4. The quantitative estimate of drug-likeness (QED) is 0.189. The van der Waals surface area contributed by atoms with Crippen LogP contribution < -0.4 is 15.0 Å². The predicted molar refractivity (Wildman–Crippen MR) is 136 cm³/mol. The third-order valence-electron chi connectivity index (χ3n) is 5.86. The van der Waals surface area contributed by atoms with E-state index < -0.39 is 21.0 Å². The maximum atomic E-state index is 13.4. The van der Waals surface area contributed by atoms with Crippen LogP contribution >= 0.6 is 0 Å². The van der Waals surface area contributed by atoms with Crippen molar-refractivity contribution in [1.82, 2.24) is 10.5 Å². The molecule has 1 heterocycles. The molecule has 0 aliphatic heterocycles. The number of hydrogen-bond donors (Lipinski definition) is 2. The lowest BCUT2D eigenvalue weighted by Crippen LogP contribution is -2.38. The van der Waals surface area contributed by atoms with Crippen LogP contribution in [0.2, 0.25) is 0 Å². The molecule has 0 spiro atoms. The van der Waals surface area contributed by atoms with Crippen LogP contribution in [0.3, 0.4) is 0 Å². The molecule has 8 nitrogen and oxygen atoms in total. The molecule has 192 valence electrons. The highest BCUT2D eigenvalue weighted by Gasteiger charge is 2.34. The molecule has 0 radical (unpaired) electrons. The molecule has 1 atom stereocenters. The molecule has 0 fully saturated rings. The van der Waals surface area contributed by atoms with E-state index in [-0.39, 0.29) is 23.7 Å². The molecule has 36 heavy (non-hydrogen) atoms. The summed E-state index contributed by atoms with van der Waals surface area (Å²) in [6, 6.07) is 19.8. The van der Waals surface area contributed by atoms with E-state index in [1.165, 1.54) is 36.4 Å². The minimum Gasteiger partial charge on any atom is -0.493 e. The van der Waals surface area contributed by atoms with Crippen LogP contribution in [-0.2, 0) is 27.5 Å². The molecule has 1 amide bonds. The summed E-state index contributed by atoms with van der Waals surface area (Å²) in [5.41, 5.74) is 3.57. The third-order valence-corrected chi connectivity index (χ3v) is 7.97. The SMILES string of the molecule is COc1ccc(S(=O)(=O)C(CCCCCc2ccccc2)C(=O)NO)cc1OCCc1ccccn1. The summed E-state index contributed by atoms with van der Waals surface area (Å²) in [7, 11) is -2.63. The lowest BCUT2D eigenvalue weighted by atomic mass is 10.1. The van der Waals surface area contributed by atoms with Crippen molar-refractivity contribution in [1.29, 1.82) is 0 Å². The summed E-state index contributed by atoms with van der Waals surface area (Å²) in [6.45, 7) is 0.263. The van der Waals surface area contributed by atoms with Gasteiger partial charge in [-0.25, -0.2) is 13.9 Å². The number of pyridine rings is 1. The molecule has 0 saturated carbocycles. The zero-order chi connectivity index (χ0) is 25.8. The first-order valence-electron chi connectivity index (χ1n) is 11.9. The van der Waals surface area contributed by atoms with Gasteiger partial charge in [0.1, 0.15) is 5.25 Å². The van der Waals surface area contributed by atoms with Crippen LogP contribution in [0.15, 0.2) is 77.8 Å². The number of sulfone groups is 1. The fourth-order valence-electron chi connectivity index (χ4n) is 3.90. The number of unbranched alkanes of at least 4 members (excludes halogenated alkanes) is 2. The normalized spacial score (nSPS) is 12.1. The summed E-state index contributed by atoms with van der Waals surface area (Å²) < 4.78 is 37.9. The van der Waals surface area contributed by atoms with Crippen LogP contribution in [0, 0.1) is 0 Å². The van der Waals surface area contributed by atoms with Crippen molar-refractivity contribution in [3.05, 3.63) is 84.2 Å². The second kappa shape index (κ2) is 13.6. The zero-order valence-electron chi connectivity index (χ0n) is 20.3. The van der Waals surface area contributed by atoms with Crippen LogP contribution in [0.5, 0.6) is 11.5 Å². The third kappa shape index (κ3) is 7.53. The molecule has 1 aromatic heterocycles. The average molecular weight is 513 g/mol. The van der Waals surface area contributed by atoms with Crippen molar-refractivity contribution >= 4 is 15.7 Å². The van der Waals surface area contributed by atoms with Gasteiger partial charge in [-0.15, -0.1) is 0 Å². The van der Waals surface area contributed by atoms with E-state index in [9.17, 15) is 18.4 Å². The van der Waals surface area contributed by atoms with Crippen LogP contribution in [0.1, 0.15) is 36.9 Å². The van der Waals surface area contributed by atoms with Gasteiger partial charge in [-0.2, -0.15) is 0 Å². The van der Waals surface area contributed by atoms with E-state index in [1.54, 1.807) is 6.20 Å². The first kappa shape index (κ1) is 27.2. The van der Waals surface area contributed by atoms with E-state index in [1.807, 2.05) is 48.5 Å². The molecular formula is C27H32N2O6S. The van der Waals surface area contributed by atoms with Crippen LogP contribution in [0.4, 0.5) is 0 Å². The standard InChI is InChI=1S/C27H32N2O6S/c1-34-24-16-15-23(20-25(24)35-19-17-22-13-8-9-18-28-22)36(32,33)26(27(30)29-31)14-7-3-6-12-21-10-4-2-5-11-21/h2,4-5,8-11,13,15-16,18,20,26,31H,3,6-7,12,14,17,19H2,1H3,(H,29,30). The number of ether oxygens (including phenoxy) is 2. The van der Waals surface area contributed by atoms with Crippen molar-refractivity contribution in [2.24, 2.45) is 0 Å². The van der Waals surface area contributed by atoms with Gasteiger partial charge in [0.05, 0.1) is 18.6 Å². The molecule has 0 aliphatic rings. The topological polar surface area (TPSA) is 115 Å². The van der Waals surface area contributed by atoms with Gasteiger partial charge in [0.25, 0.3) is 5.91 Å². The number of methoxy groups -OCH3 is 1. The van der Waals surface area contributed by atoms with Gasteiger partial charge in [0.15, 0.2) is 21.3 Å². The van der Waals surface area contributed by atoms with E-state index in [0.29, 0.717) is 18.6 Å². The van der Waals surface area contributed by atoms with E-state index >= 15 is 0 Å². The molecule has 3 rings (SSSR count). The van der Waals surface area contributed by atoms with Crippen molar-refractivity contribution in [3.8, 4) is 11.5 Å². The van der Waals surface area contributed by atoms with Crippen molar-refractivity contribution < 1.29 is 27.9 Å². The highest BCUT2D eigenvalue weighted by molar-refractivity contribution is 7.92. The first-order chi connectivity index (χ1) is 17.5. The Morgan fingerprint density at radius 3 is 2.44 bits per heavy atom. The highest BCUT2D eigenvalue weighted by Crippen LogP contribution is 2.32. The number of hydrogen-bond acceptors (Lipinski definition) is 7.